The molecule has 0 saturated heterocycles. The third kappa shape index (κ3) is 6.64. The molecule has 1 aromatic heterocycles. The first-order valence-electron chi connectivity index (χ1n) is 8.30. The summed E-state index contributed by atoms with van der Waals surface area (Å²) in [7, 11) is -9.38. The first kappa shape index (κ1) is 25.0. The van der Waals surface area contributed by atoms with Gasteiger partial charge in [-0.1, -0.05) is 18.2 Å². The molecular weight excluding hydrogens is 459 g/mol. The molecule has 0 unspecified atom stereocenters. The van der Waals surface area contributed by atoms with Crippen molar-refractivity contribution in [3.63, 3.8) is 0 Å². The number of hydrogen-bond acceptors (Lipinski definition) is 8. The Morgan fingerprint density at radius 1 is 1.00 bits per heavy atom. The van der Waals surface area contributed by atoms with Gasteiger partial charge in [-0.3, -0.25) is 0 Å². The number of ether oxygens (including phenoxy) is 1. The Morgan fingerprint density at radius 3 is 2.27 bits per heavy atom. The van der Waals surface area contributed by atoms with Crippen LogP contribution in [0.2, 0.25) is 0 Å². The van der Waals surface area contributed by atoms with Crippen molar-refractivity contribution in [2.75, 3.05) is 11.9 Å². The molecular formula is C18H17KN2O7S2. The van der Waals surface area contributed by atoms with E-state index in [-0.39, 0.29) is 69.4 Å². The number of para-hydroxylation sites is 1. The first-order valence-corrected chi connectivity index (χ1v) is 11.3. The summed E-state index contributed by atoms with van der Waals surface area (Å²) in [5.41, 5.74) is -0.107. The van der Waals surface area contributed by atoms with Crippen LogP contribution in [0.3, 0.4) is 0 Å². The normalized spacial score (nSPS) is 11.5. The molecule has 0 aliphatic carbocycles. The van der Waals surface area contributed by atoms with Crippen LogP contribution in [0.25, 0.3) is 0 Å². The van der Waals surface area contributed by atoms with Crippen LogP contribution in [0.5, 0.6) is 11.5 Å². The Hall–Kier alpha value is -1.22. The summed E-state index contributed by atoms with van der Waals surface area (Å²) in [6, 6.07) is 13.5. The smallest absolute Gasteiger partial charge is 0.744 e. The van der Waals surface area contributed by atoms with Gasteiger partial charge in [0.1, 0.15) is 32.3 Å². The average molecular weight is 477 g/mol. The van der Waals surface area contributed by atoms with E-state index in [0.717, 1.165) is 6.07 Å². The molecule has 9 nitrogen and oxygen atoms in total. The fourth-order valence-electron chi connectivity index (χ4n) is 2.58. The van der Waals surface area contributed by atoms with Crippen LogP contribution in [0.1, 0.15) is 5.76 Å². The molecule has 30 heavy (non-hydrogen) atoms. The van der Waals surface area contributed by atoms with Crippen LogP contribution < -0.4 is 66.6 Å². The number of benzene rings is 2. The maximum absolute atomic E-state index is 12.0. The van der Waals surface area contributed by atoms with Crippen molar-refractivity contribution in [2.45, 2.75) is 16.2 Å². The Balaban J connectivity index is 0.00000320. The summed E-state index contributed by atoms with van der Waals surface area (Å²) in [5, 5.41) is 8.01. The van der Waals surface area contributed by atoms with E-state index in [1.54, 1.807) is 42.5 Å². The summed E-state index contributed by atoms with van der Waals surface area (Å²) in [6.07, 6.45) is 1.90. The molecule has 0 atom stereocenters. The van der Waals surface area contributed by atoms with Crippen LogP contribution in [-0.2, 0) is 26.6 Å². The molecule has 0 bridgehead atoms. The molecule has 3 aromatic rings. The summed E-state index contributed by atoms with van der Waals surface area (Å²) in [5.74, 6) is 0.731. The minimum Gasteiger partial charge on any atom is -0.744 e. The van der Waals surface area contributed by atoms with Gasteiger partial charge in [-0.15, -0.1) is 0 Å². The number of hydrogen-bond donors (Lipinski definition) is 2. The van der Waals surface area contributed by atoms with Crippen molar-refractivity contribution in [3.05, 3.63) is 66.6 Å². The Labute approximate surface area is 216 Å². The van der Waals surface area contributed by atoms with E-state index in [9.17, 15) is 21.4 Å². The molecule has 2 aromatic carbocycles. The van der Waals surface area contributed by atoms with Gasteiger partial charge in [0.15, 0.2) is 0 Å². The van der Waals surface area contributed by atoms with E-state index in [1.165, 1.54) is 6.26 Å². The SMILES string of the molecule is NS(=O)(=O)c1cc(S(=O)(=O)[O-])c(NCCc2ccco2)cc1Oc1ccccc1.[K+]. The second-order valence-corrected chi connectivity index (χ2v) is 8.84. The molecule has 154 valence electrons. The van der Waals surface area contributed by atoms with Crippen LogP contribution >= 0.6 is 0 Å². The molecule has 0 spiro atoms. The van der Waals surface area contributed by atoms with Crippen molar-refractivity contribution >= 4 is 25.8 Å². The summed E-state index contributed by atoms with van der Waals surface area (Å²) >= 11 is 0. The fraction of sp³-hybridized carbons (Fsp3) is 0.111. The third-order valence-electron chi connectivity index (χ3n) is 3.86. The van der Waals surface area contributed by atoms with Gasteiger partial charge < -0.3 is 19.0 Å². The number of nitrogens with two attached hydrogens (primary N) is 1. The van der Waals surface area contributed by atoms with E-state index in [4.69, 9.17) is 14.3 Å². The van der Waals surface area contributed by atoms with Gasteiger partial charge in [0.25, 0.3) is 0 Å². The summed E-state index contributed by atoms with van der Waals surface area (Å²) < 4.78 is 69.8. The van der Waals surface area contributed by atoms with Crippen LogP contribution in [0.15, 0.2) is 75.1 Å². The van der Waals surface area contributed by atoms with Gasteiger partial charge in [-0.2, -0.15) is 0 Å². The van der Waals surface area contributed by atoms with Crippen molar-refractivity contribution in [3.8, 4) is 11.5 Å². The van der Waals surface area contributed by atoms with Crippen LogP contribution in [0, 0.1) is 0 Å². The number of anilines is 1. The van der Waals surface area contributed by atoms with E-state index >= 15 is 0 Å². The molecule has 1 heterocycles. The van der Waals surface area contributed by atoms with Crippen molar-refractivity contribution in [1.29, 1.82) is 0 Å². The number of furan rings is 1. The largest absolute Gasteiger partial charge is 1.00 e. The van der Waals surface area contributed by atoms with Gasteiger partial charge in [0.2, 0.25) is 10.0 Å². The van der Waals surface area contributed by atoms with Crippen molar-refractivity contribution in [1.82, 2.24) is 0 Å². The second-order valence-electron chi connectivity index (χ2n) is 5.97. The molecule has 3 N–H and O–H groups in total. The van der Waals surface area contributed by atoms with Gasteiger partial charge in [-0.25, -0.2) is 22.0 Å². The standard InChI is InChI=1S/C18H18N2O7S2.K/c19-28(21,22)18-12-17(29(23,24)25)15(20-9-8-13-7-4-10-26-13)11-16(18)27-14-5-2-1-3-6-14;/h1-7,10-12,20H,8-9H2,(H2,19,21,22)(H,23,24,25);/q;+1/p-1. The zero-order valence-corrected chi connectivity index (χ0v) is 20.7. The molecule has 0 radical (unpaired) electrons. The second kappa shape index (κ2) is 10.4. The third-order valence-corrected chi connectivity index (χ3v) is 5.67. The number of nitrogens with one attached hydrogen (secondary N) is 1. The maximum Gasteiger partial charge on any atom is 1.00 e. The monoisotopic (exact) mass is 476 g/mol. The van der Waals surface area contributed by atoms with Gasteiger partial charge in [0.05, 0.1) is 16.8 Å². The quantitative estimate of drug-likeness (QED) is 0.319. The van der Waals surface area contributed by atoms with Gasteiger partial charge >= 0.3 is 51.4 Å². The predicted molar refractivity (Wildman–Crippen MR) is 103 cm³/mol. The molecule has 0 aliphatic heterocycles. The molecule has 0 aliphatic rings. The average Bonchev–Trinajstić information content (AvgIpc) is 3.14. The molecule has 0 saturated carbocycles. The predicted octanol–water partition coefficient (Wildman–Crippen LogP) is -0.718. The molecule has 3 rings (SSSR count). The molecule has 12 heteroatoms. The van der Waals surface area contributed by atoms with Crippen molar-refractivity contribution < 1.29 is 81.9 Å². The molecule has 0 amide bonds. The van der Waals surface area contributed by atoms with E-state index in [2.05, 4.69) is 5.32 Å². The molecule has 0 fully saturated rings. The maximum atomic E-state index is 12.0. The number of sulfonamides is 1. The zero-order chi connectivity index (χ0) is 21.1. The van der Waals surface area contributed by atoms with Crippen LogP contribution in [-0.4, -0.2) is 27.9 Å². The number of primary sulfonamides is 1. The van der Waals surface area contributed by atoms with Gasteiger partial charge in [0, 0.05) is 19.0 Å². The minimum absolute atomic E-state index is 0. The summed E-state index contributed by atoms with van der Waals surface area (Å²) in [6.45, 7) is 0.218. The van der Waals surface area contributed by atoms with E-state index in [0.29, 0.717) is 24.0 Å². The van der Waals surface area contributed by atoms with E-state index in [1.807, 2.05) is 0 Å². The van der Waals surface area contributed by atoms with Gasteiger partial charge in [-0.05, 0) is 30.3 Å². The first-order chi connectivity index (χ1) is 13.6. The van der Waals surface area contributed by atoms with Crippen molar-refractivity contribution in [2.24, 2.45) is 5.14 Å². The fourth-order valence-corrected chi connectivity index (χ4v) is 3.98. The minimum atomic E-state index is -5.00. The van der Waals surface area contributed by atoms with E-state index < -0.39 is 29.9 Å². The van der Waals surface area contributed by atoms with Crippen LogP contribution in [0.4, 0.5) is 5.69 Å². The summed E-state index contributed by atoms with van der Waals surface area (Å²) in [4.78, 5) is -1.37. The zero-order valence-electron chi connectivity index (χ0n) is 15.9. The number of rotatable bonds is 8. The Kier molecular flexibility index (Phi) is 8.67. The topological polar surface area (TPSA) is 152 Å². The Bertz CT molecular complexity index is 1200. The Morgan fingerprint density at radius 2 is 1.70 bits per heavy atom.